The molecule has 2 atom stereocenters. The number of rotatable bonds is 7. The minimum atomic E-state index is -0.560. The number of hydrogen-bond donors (Lipinski definition) is 2. The van der Waals surface area contributed by atoms with Gasteiger partial charge in [0.2, 0.25) is 5.91 Å². The maximum absolute atomic E-state index is 12.4. The second-order valence-electron chi connectivity index (χ2n) is 5.79. The molecule has 0 saturated carbocycles. The molecule has 0 unspecified atom stereocenters. The van der Waals surface area contributed by atoms with Crippen LogP contribution in [0, 0.1) is 0 Å². The molecule has 1 aromatic carbocycles. The summed E-state index contributed by atoms with van der Waals surface area (Å²) in [5.74, 6) is -0.0567. The highest BCUT2D eigenvalue weighted by molar-refractivity contribution is 5.91. The van der Waals surface area contributed by atoms with Gasteiger partial charge in [-0.1, -0.05) is 18.2 Å². The Morgan fingerprint density at radius 2 is 2.00 bits per heavy atom. The molecule has 8 heteroatoms. The first-order chi connectivity index (χ1) is 12.6. The highest BCUT2D eigenvalue weighted by atomic mass is 16.6. The fourth-order valence-electron chi connectivity index (χ4n) is 2.58. The summed E-state index contributed by atoms with van der Waals surface area (Å²) in [7, 11) is 0. The van der Waals surface area contributed by atoms with E-state index in [0.717, 1.165) is 0 Å². The lowest BCUT2D eigenvalue weighted by molar-refractivity contribution is -0.128. The Morgan fingerprint density at radius 3 is 2.77 bits per heavy atom. The highest BCUT2D eigenvalue weighted by Crippen LogP contribution is 2.23. The van der Waals surface area contributed by atoms with Crippen molar-refractivity contribution in [3.8, 4) is 11.7 Å². The number of carbonyl (C=O) groups excluding carboxylic acids is 2. The molecule has 26 heavy (non-hydrogen) atoms. The molecule has 1 fully saturated rings. The van der Waals surface area contributed by atoms with Gasteiger partial charge in [-0.2, -0.15) is 0 Å². The van der Waals surface area contributed by atoms with E-state index in [1.807, 2.05) is 18.2 Å². The van der Waals surface area contributed by atoms with Gasteiger partial charge in [0.15, 0.2) is 5.76 Å². The second kappa shape index (κ2) is 8.50. The molecule has 0 aliphatic carbocycles. The van der Waals surface area contributed by atoms with Crippen LogP contribution < -0.4 is 15.8 Å². The van der Waals surface area contributed by atoms with Crippen molar-refractivity contribution >= 4 is 11.8 Å². The van der Waals surface area contributed by atoms with E-state index in [2.05, 4.69) is 5.32 Å². The van der Waals surface area contributed by atoms with Gasteiger partial charge in [-0.05, 0) is 24.6 Å². The van der Waals surface area contributed by atoms with Crippen molar-refractivity contribution < 1.29 is 28.2 Å². The molecule has 2 amide bonds. The van der Waals surface area contributed by atoms with Gasteiger partial charge >= 0.3 is 0 Å². The summed E-state index contributed by atoms with van der Waals surface area (Å²) in [4.78, 5) is 23.3. The van der Waals surface area contributed by atoms with E-state index >= 15 is 0 Å². The van der Waals surface area contributed by atoms with Crippen LogP contribution in [0.1, 0.15) is 17.0 Å². The van der Waals surface area contributed by atoms with E-state index in [4.69, 9.17) is 24.4 Å². The normalized spacial score (nSPS) is 19.7. The average Bonchev–Trinajstić information content (AvgIpc) is 3.10. The van der Waals surface area contributed by atoms with E-state index in [-0.39, 0.29) is 31.0 Å². The average molecular weight is 360 g/mol. The smallest absolute Gasteiger partial charge is 0.290 e. The van der Waals surface area contributed by atoms with E-state index in [1.54, 1.807) is 18.2 Å². The Morgan fingerprint density at radius 1 is 1.19 bits per heavy atom. The van der Waals surface area contributed by atoms with Crippen LogP contribution in [0.3, 0.4) is 0 Å². The van der Waals surface area contributed by atoms with Crippen LogP contribution in [0.25, 0.3) is 0 Å². The third kappa shape index (κ3) is 4.84. The number of hydrogen-bond acceptors (Lipinski definition) is 6. The molecule has 1 saturated heterocycles. The number of carbonyl (C=O) groups is 2. The summed E-state index contributed by atoms with van der Waals surface area (Å²) in [5, 5.41) is 2.80. The van der Waals surface area contributed by atoms with Crippen LogP contribution in [0.15, 0.2) is 46.9 Å². The first-order valence-corrected chi connectivity index (χ1v) is 8.23. The van der Waals surface area contributed by atoms with E-state index in [9.17, 15) is 9.59 Å². The molecule has 2 heterocycles. The Kier molecular flexibility index (Phi) is 5.88. The first kappa shape index (κ1) is 18.0. The quantitative estimate of drug-likeness (QED) is 0.773. The number of para-hydroxylation sites is 1. The second-order valence-corrected chi connectivity index (χ2v) is 5.79. The van der Waals surface area contributed by atoms with Gasteiger partial charge < -0.3 is 29.7 Å². The number of furan rings is 1. The van der Waals surface area contributed by atoms with Crippen LogP contribution in [0.2, 0.25) is 0 Å². The monoisotopic (exact) mass is 360 g/mol. The summed E-state index contributed by atoms with van der Waals surface area (Å²) >= 11 is 0. The molecule has 3 N–H and O–H groups in total. The summed E-state index contributed by atoms with van der Waals surface area (Å²) in [6.45, 7) is 0.571. The van der Waals surface area contributed by atoms with Crippen LogP contribution in [0.5, 0.6) is 11.7 Å². The Bertz CT molecular complexity index is 745. The SMILES string of the molecule is NC(=O)CO[C@@H]1CCOC[C@@H]1NC(=O)c1ccc(Oc2ccccc2)o1. The van der Waals surface area contributed by atoms with Crippen molar-refractivity contribution in [2.75, 3.05) is 19.8 Å². The maximum atomic E-state index is 12.4. The van der Waals surface area contributed by atoms with Gasteiger partial charge in [-0.15, -0.1) is 0 Å². The van der Waals surface area contributed by atoms with E-state index in [1.165, 1.54) is 6.07 Å². The van der Waals surface area contributed by atoms with Gasteiger partial charge in [-0.3, -0.25) is 9.59 Å². The molecular formula is C18H20N2O6. The fraction of sp³-hybridized carbons (Fsp3) is 0.333. The lowest BCUT2D eigenvalue weighted by Gasteiger charge is -2.31. The number of amides is 2. The molecule has 1 aliphatic heterocycles. The minimum Gasteiger partial charge on any atom is -0.426 e. The van der Waals surface area contributed by atoms with Gasteiger partial charge in [-0.25, -0.2) is 0 Å². The molecule has 3 rings (SSSR count). The van der Waals surface area contributed by atoms with Crippen LogP contribution in [0.4, 0.5) is 0 Å². The Hall–Kier alpha value is -2.84. The summed E-state index contributed by atoms with van der Waals surface area (Å²) in [6, 6.07) is 11.8. The van der Waals surface area contributed by atoms with Gasteiger partial charge in [0.1, 0.15) is 12.4 Å². The number of benzene rings is 1. The molecular weight excluding hydrogens is 340 g/mol. The topological polar surface area (TPSA) is 113 Å². The van der Waals surface area contributed by atoms with Crippen LogP contribution in [-0.2, 0) is 14.3 Å². The minimum absolute atomic E-state index is 0.107. The molecule has 1 aliphatic rings. The number of primary amides is 1. The number of ether oxygens (including phenoxy) is 3. The van der Waals surface area contributed by atoms with Gasteiger partial charge in [0.05, 0.1) is 18.8 Å². The van der Waals surface area contributed by atoms with Gasteiger partial charge in [0.25, 0.3) is 11.9 Å². The zero-order chi connectivity index (χ0) is 18.4. The Labute approximate surface area is 150 Å². The predicted molar refractivity (Wildman–Crippen MR) is 90.8 cm³/mol. The van der Waals surface area contributed by atoms with Crippen molar-refractivity contribution in [2.45, 2.75) is 18.6 Å². The van der Waals surface area contributed by atoms with Crippen LogP contribution >= 0.6 is 0 Å². The maximum Gasteiger partial charge on any atom is 0.290 e. The zero-order valence-corrected chi connectivity index (χ0v) is 14.1. The standard InChI is InChI=1S/C18H20N2O6/c19-16(21)11-24-14-8-9-23-10-13(14)20-18(22)15-6-7-17(26-15)25-12-4-2-1-3-5-12/h1-7,13-14H,8-11H2,(H2,19,21)(H,20,22)/t13-,14+/m0/s1. The zero-order valence-electron chi connectivity index (χ0n) is 14.1. The molecule has 8 nitrogen and oxygen atoms in total. The molecule has 138 valence electrons. The third-order valence-electron chi connectivity index (χ3n) is 3.82. The summed E-state index contributed by atoms with van der Waals surface area (Å²) in [6.07, 6.45) is 0.203. The number of nitrogens with two attached hydrogens (primary N) is 1. The summed E-state index contributed by atoms with van der Waals surface area (Å²) < 4.78 is 21.8. The summed E-state index contributed by atoms with van der Waals surface area (Å²) in [5.41, 5.74) is 5.10. The highest BCUT2D eigenvalue weighted by Gasteiger charge is 2.29. The van der Waals surface area contributed by atoms with Crippen molar-refractivity contribution in [3.63, 3.8) is 0 Å². The van der Waals surface area contributed by atoms with Crippen molar-refractivity contribution in [2.24, 2.45) is 5.73 Å². The fourth-order valence-corrected chi connectivity index (χ4v) is 2.58. The lowest BCUT2D eigenvalue weighted by atomic mass is 10.1. The van der Waals surface area contributed by atoms with Gasteiger partial charge in [0, 0.05) is 12.7 Å². The molecule has 1 aromatic heterocycles. The molecule has 0 bridgehead atoms. The third-order valence-corrected chi connectivity index (χ3v) is 3.82. The van der Waals surface area contributed by atoms with Crippen molar-refractivity contribution in [1.82, 2.24) is 5.32 Å². The molecule has 0 spiro atoms. The van der Waals surface area contributed by atoms with Crippen LogP contribution in [-0.4, -0.2) is 43.8 Å². The van der Waals surface area contributed by atoms with Crippen molar-refractivity contribution in [1.29, 1.82) is 0 Å². The lowest BCUT2D eigenvalue weighted by Crippen LogP contribution is -2.51. The largest absolute Gasteiger partial charge is 0.426 e. The van der Waals surface area contributed by atoms with E-state index < -0.39 is 17.9 Å². The number of nitrogens with one attached hydrogen (secondary N) is 1. The van der Waals surface area contributed by atoms with E-state index in [0.29, 0.717) is 18.8 Å². The Balaban J connectivity index is 1.59. The first-order valence-electron chi connectivity index (χ1n) is 8.23. The molecule has 0 radical (unpaired) electrons. The molecule has 2 aromatic rings. The van der Waals surface area contributed by atoms with Crippen molar-refractivity contribution in [3.05, 3.63) is 48.2 Å². The predicted octanol–water partition coefficient (Wildman–Crippen LogP) is 1.46.